The molecule has 3 atom stereocenters. The molecule has 1 unspecified atom stereocenters. The van der Waals surface area contributed by atoms with E-state index in [4.69, 9.17) is 9.15 Å². The lowest BCUT2D eigenvalue weighted by atomic mass is 9.87. The summed E-state index contributed by atoms with van der Waals surface area (Å²) in [5.74, 6) is 3.11. The van der Waals surface area contributed by atoms with Crippen LogP contribution in [-0.2, 0) is 0 Å². The zero-order valence-electron chi connectivity index (χ0n) is 15.7. The molecule has 0 aliphatic heterocycles. The van der Waals surface area contributed by atoms with E-state index in [1.54, 1.807) is 19.1 Å². The van der Waals surface area contributed by atoms with E-state index < -0.39 is 0 Å². The summed E-state index contributed by atoms with van der Waals surface area (Å²) < 4.78 is 11.5. The first-order chi connectivity index (χ1) is 13.6. The largest absolute Gasteiger partial charge is 0.507 e. The van der Waals surface area contributed by atoms with Crippen LogP contribution in [0.25, 0.3) is 22.7 Å². The highest BCUT2D eigenvalue weighted by molar-refractivity contribution is 5.71. The van der Waals surface area contributed by atoms with Crippen molar-refractivity contribution in [2.45, 2.75) is 45.1 Å². The van der Waals surface area contributed by atoms with Gasteiger partial charge in [-0.15, -0.1) is 20.4 Å². The molecule has 0 radical (unpaired) electrons. The third-order valence-corrected chi connectivity index (χ3v) is 5.82. The van der Waals surface area contributed by atoms with Crippen molar-refractivity contribution in [2.24, 2.45) is 11.8 Å². The minimum absolute atomic E-state index is 0.0835. The molecule has 2 aliphatic rings. The molecule has 1 aromatic carbocycles. The molecule has 28 heavy (non-hydrogen) atoms. The van der Waals surface area contributed by atoms with Gasteiger partial charge in [-0.25, -0.2) is 0 Å². The van der Waals surface area contributed by atoms with Crippen molar-refractivity contribution < 1.29 is 14.3 Å². The smallest absolute Gasteiger partial charge is 0.247 e. The van der Waals surface area contributed by atoms with Crippen LogP contribution in [0.15, 0.2) is 34.7 Å². The summed E-state index contributed by atoms with van der Waals surface area (Å²) in [6, 6.07) is 8.82. The van der Waals surface area contributed by atoms with Crippen LogP contribution < -0.4 is 4.74 Å². The zero-order valence-corrected chi connectivity index (χ0v) is 15.7. The molecule has 7 heteroatoms. The van der Waals surface area contributed by atoms with Gasteiger partial charge < -0.3 is 14.3 Å². The highest BCUT2D eigenvalue weighted by atomic mass is 16.5. The van der Waals surface area contributed by atoms with Gasteiger partial charge in [0.1, 0.15) is 11.9 Å². The molecular formula is C21H22N4O3. The summed E-state index contributed by atoms with van der Waals surface area (Å²) in [6.45, 7) is 1.72. The molecule has 0 spiro atoms. The number of hydrogen-bond acceptors (Lipinski definition) is 7. The Kier molecular flexibility index (Phi) is 4.22. The van der Waals surface area contributed by atoms with Crippen LogP contribution in [0, 0.1) is 18.8 Å². The third-order valence-electron chi connectivity index (χ3n) is 5.82. The Hall–Kier alpha value is -2.96. The SMILES string of the molecule is Cc1nnc(-c2ccc(-c3ccc(OC4C[C@H]5CC[C@@H](C4)C5)nn3)c(O)c2)o1. The Morgan fingerprint density at radius 2 is 1.79 bits per heavy atom. The topological polar surface area (TPSA) is 94.2 Å². The number of aromatic hydroxyl groups is 1. The lowest BCUT2D eigenvalue weighted by Gasteiger charge is -2.27. The van der Waals surface area contributed by atoms with Gasteiger partial charge in [-0.3, -0.25) is 0 Å². The van der Waals surface area contributed by atoms with Gasteiger partial charge in [0, 0.05) is 24.1 Å². The summed E-state index contributed by atoms with van der Waals surface area (Å²) in [5, 5.41) is 26.7. The van der Waals surface area contributed by atoms with Crippen LogP contribution >= 0.6 is 0 Å². The second kappa shape index (κ2) is 6.89. The van der Waals surface area contributed by atoms with Crippen LogP contribution in [0.3, 0.4) is 0 Å². The van der Waals surface area contributed by atoms with Gasteiger partial charge >= 0.3 is 0 Å². The minimum Gasteiger partial charge on any atom is -0.507 e. The molecule has 2 fully saturated rings. The summed E-state index contributed by atoms with van der Waals surface area (Å²) in [5.41, 5.74) is 1.83. The molecule has 144 valence electrons. The molecule has 0 amide bonds. The zero-order chi connectivity index (χ0) is 19.1. The first-order valence-corrected chi connectivity index (χ1v) is 9.78. The average molecular weight is 378 g/mol. The molecule has 3 aromatic rings. The number of ether oxygens (including phenoxy) is 1. The normalized spacial score (nSPS) is 23.7. The molecule has 1 N–H and O–H groups in total. The van der Waals surface area contributed by atoms with Gasteiger partial charge in [0.15, 0.2) is 0 Å². The fourth-order valence-corrected chi connectivity index (χ4v) is 4.53. The van der Waals surface area contributed by atoms with Gasteiger partial charge in [0.2, 0.25) is 17.7 Å². The predicted molar refractivity (Wildman–Crippen MR) is 102 cm³/mol. The molecule has 7 nitrogen and oxygen atoms in total. The van der Waals surface area contributed by atoms with Gasteiger partial charge in [0.25, 0.3) is 0 Å². The van der Waals surface area contributed by atoms with Gasteiger partial charge in [-0.05, 0) is 55.4 Å². The number of aryl methyl sites for hydroxylation is 1. The van der Waals surface area contributed by atoms with E-state index >= 15 is 0 Å². The standard InChI is InChI=1S/C21H22N4O3/c1-12-22-25-21(27-12)15-4-5-17(19(26)11-15)18-6-7-20(24-23-18)28-16-9-13-2-3-14(8-13)10-16/h4-7,11,13-14,16,26H,2-3,8-10H2,1H3/t13-,14+,16?. The average Bonchev–Trinajstić information content (AvgIpc) is 3.27. The fraction of sp³-hybridized carbons (Fsp3) is 0.429. The number of aromatic nitrogens is 4. The van der Waals surface area contributed by atoms with E-state index in [9.17, 15) is 5.11 Å². The summed E-state index contributed by atoms with van der Waals surface area (Å²) in [6.07, 6.45) is 6.54. The minimum atomic E-state index is 0.0835. The van der Waals surface area contributed by atoms with Gasteiger partial charge in [-0.2, -0.15) is 0 Å². The Morgan fingerprint density at radius 3 is 2.43 bits per heavy atom. The summed E-state index contributed by atoms with van der Waals surface area (Å²) in [7, 11) is 0. The molecule has 2 aromatic heterocycles. The number of nitrogens with zero attached hydrogens (tertiary/aromatic N) is 4. The summed E-state index contributed by atoms with van der Waals surface area (Å²) >= 11 is 0. The van der Waals surface area contributed by atoms with E-state index in [-0.39, 0.29) is 11.9 Å². The number of benzene rings is 1. The van der Waals surface area contributed by atoms with E-state index in [0.29, 0.717) is 34.5 Å². The lowest BCUT2D eigenvalue weighted by molar-refractivity contribution is 0.113. The predicted octanol–water partition coefficient (Wildman–Crippen LogP) is 4.17. The molecule has 2 aliphatic carbocycles. The second-order valence-electron chi connectivity index (χ2n) is 7.87. The van der Waals surface area contributed by atoms with Crippen molar-refractivity contribution in [3.63, 3.8) is 0 Å². The van der Waals surface area contributed by atoms with Crippen LogP contribution in [0.4, 0.5) is 0 Å². The van der Waals surface area contributed by atoms with E-state index in [2.05, 4.69) is 20.4 Å². The van der Waals surface area contributed by atoms with Crippen molar-refractivity contribution >= 4 is 0 Å². The molecule has 2 bridgehead atoms. The first-order valence-electron chi connectivity index (χ1n) is 9.78. The van der Waals surface area contributed by atoms with E-state index in [1.807, 2.05) is 18.2 Å². The van der Waals surface area contributed by atoms with Crippen molar-refractivity contribution in [1.29, 1.82) is 0 Å². The molecule has 2 heterocycles. The quantitative estimate of drug-likeness (QED) is 0.728. The Balaban J connectivity index is 1.31. The van der Waals surface area contributed by atoms with Crippen molar-refractivity contribution in [3.05, 3.63) is 36.2 Å². The number of phenols is 1. The summed E-state index contributed by atoms with van der Waals surface area (Å²) in [4.78, 5) is 0. The third kappa shape index (κ3) is 3.32. The number of rotatable bonds is 4. The maximum atomic E-state index is 10.4. The monoisotopic (exact) mass is 378 g/mol. The second-order valence-corrected chi connectivity index (χ2v) is 7.87. The molecule has 5 rings (SSSR count). The number of hydrogen-bond donors (Lipinski definition) is 1. The Morgan fingerprint density at radius 1 is 0.964 bits per heavy atom. The highest BCUT2D eigenvalue weighted by Crippen LogP contribution is 2.43. The van der Waals surface area contributed by atoms with Crippen LogP contribution in [-0.4, -0.2) is 31.6 Å². The Labute approximate surface area is 162 Å². The molecule has 0 saturated heterocycles. The fourth-order valence-electron chi connectivity index (χ4n) is 4.53. The van der Waals surface area contributed by atoms with Gasteiger partial charge in [-0.1, -0.05) is 12.8 Å². The van der Waals surface area contributed by atoms with Crippen molar-refractivity contribution in [2.75, 3.05) is 0 Å². The maximum Gasteiger partial charge on any atom is 0.247 e. The number of phenolic OH excluding ortho intramolecular Hbond substituents is 1. The Bertz CT molecular complexity index is 974. The van der Waals surface area contributed by atoms with Crippen molar-refractivity contribution in [3.8, 4) is 34.3 Å². The molecular weight excluding hydrogens is 356 g/mol. The van der Waals surface area contributed by atoms with Crippen molar-refractivity contribution in [1.82, 2.24) is 20.4 Å². The molecule has 2 saturated carbocycles. The van der Waals surface area contributed by atoms with Gasteiger partial charge in [0.05, 0.1) is 5.69 Å². The van der Waals surface area contributed by atoms with Crippen LogP contribution in [0.5, 0.6) is 11.6 Å². The highest BCUT2D eigenvalue weighted by Gasteiger charge is 2.35. The lowest BCUT2D eigenvalue weighted by Crippen LogP contribution is -2.26. The van der Waals surface area contributed by atoms with E-state index in [1.165, 1.54) is 19.3 Å². The number of fused-ring (bicyclic) bond motifs is 2. The van der Waals surface area contributed by atoms with E-state index in [0.717, 1.165) is 24.7 Å². The first kappa shape index (κ1) is 17.2. The maximum absolute atomic E-state index is 10.4. The van der Waals surface area contributed by atoms with Crippen LogP contribution in [0.1, 0.15) is 38.0 Å². The van der Waals surface area contributed by atoms with Crippen LogP contribution in [0.2, 0.25) is 0 Å².